The van der Waals surface area contributed by atoms with Crippen molar-refractivity contribution in [3.05, 3.63) is 38.7 Å². The van der Waals surface area contributed by atoms with Crippen LogP contribution in [0.2, 0.25) is 0 Å². The standard InChI is InChI=1S/C18H23N5OS2/c1-4-23(10-15(24)20-8-13-6-5-7-25-13)9-14-21-17(19)16-11(2)12(3)26-18(16)22-14/h5-7H,4,8-10H2,1-3H3,(H,20,24)(H2,19,21,22). The zero-order valence-corrected chi connectivity index (χ0v) is 16.8. The molecule has 0 aromatic carbocycles. The Hall–Kier alpha value is -2.03. The maximum Gasteiger partial charge on any atom is 0.234 e. The number of hydrogen-bond acceptors (Lipinski definition) is 7. The topological polar surface area (TPSA) is 84.1 Å². The number of nitrogens with zero attached hydrogens (tertiary/aromatic N) is 3. The number of fused-ring (bicyclic) bond motifs is 1. The van der Waals surface area contributed by atoms with Crippen molar-refractivity contribution >= 4 is 44.6 Å². The summed E-state index contributed by atoms with van der Waals surface area (Å²) < 4.78 is 0. The van der Waals surface area contributed by atoms with E-state index in [0.717, 1.165) is 27.2 Å². The molecule has 0 spiro atoms. The largest absolute Gasteiger partial charge is 0.383 e. The van der Waals surface area contributed by atoms with Crippen LogP contribution >= 0.6 is 22.7 Å². The number of carbonyl (C=O) groups is 1. The molecule has 0 saturated heterocycles. The van der Waals surface area contributed by atoms with Crippen molar-refractivity contribution < 1.29 is 4.79 Å². The Balaban J connectivity index is 1.65. The van der Waals surface area contributed by atoms with Crippen molar-refractivity contribution in [2.24, 2.45) is 0 Å². The molecule has 0 atom stereocenters. The molecular formula is C18H23N5OS2. The van der Waals surface area contributed by atoms with Gasteiger partial charge >= 0.3 is 0 Å². The van der Waals surface area contributed by atoms with E-state index in [4.69, 9.17) is 5.73 Å². The molecule has 0 aliphatic rings. The second-order valence-corrected chi connectivity index (χ2v) is 8.38. The second kappa shape index (κ2) is 8.11. The van der Waals surface area contributed by atoms with Crippen molar-refractivity contribution in [1.82, 2.24) is 20.2 Å². The van der Waals surface area contributed by atoms with Gasteiger partial charge in [0.25, 0.3) is 0 Å². The summed E-state index contributed by atoms with van der Waals surface area (Å²) in [6.45, 7) is 8.24. The molecule has 0 bridgehead atoms. The van der Waals surface area contributed by atoms with Crippen molar-refractivity contribution in [3.8, 4) is 0 Å². The molecule has 0 aliphatic carbocycles. The van der Waals surface area contributed by atoms with Crippen molar-refractivity contribution in [3.63, 3.8) is 0 Å². The summed E-state index contributed by atoms with van der Waals surface area (Å²) in [5.74, 6) is 1.17. The predicted molar refractivity (Wildman–Crippen MR) is 108 cm³/mol. The van der Waals surface area contributed by atoms with Gasteiger partial charge in [0.2, 0.25) is 5.91 Å². The number of aryl methyl sites for hydroxylation is 2. The third kappa shape index (κ3) is 4.20. The van der Waals surface area contributed by atoms with Gasteiger partial charge in [-0.3, -0.25) is 9.69 Å². The minimum Gasteiger partial charge on any atom is -0.383 e. The Bertz CT molecular complexity index is 904. The highest BCUT2D eigenvalue weighted by atomic mass is 32.1. The normalized spacial score (nSPS) is 11.4. The number of nitrogens with two attached hydrogens (primary N) is 1. The van der Waals surface area contributed by atoms with Crippen molar-refractivity contribution in [2.75, 3.05) is 18.8 Å². The number of carbonyl (C=O) groups excluding carboxylic acids is 1. The van der Waals surface area contributed by atoms with Crippen LogP contribution in [-0.4, -0.2) is 33.9 Å². The smallest absolute Gasteiger partial charge is 0.234 e. The molecule has 0 unspecified atom stereocenters. The third-order valence-electron chi connectivity index (χ3n) is 4.32. The predicted octanol–water partition coefficient (Wildman–Crippen LogP) is 3.09. The maximum absolute atomic E-state index is 12.2. The molecule has 3 N–H and O–H groups in total. The quantitative estimate of drug-likeness (QED) is 0.649. The molecule has 0 aliphatic heterocycles. The molecule has 3 heterocycles. The zero-order valence-electron chi connectivity index (χ0n) is 15.2. The number of aromatic nitrogens is 2. The molecule has 6 nitrogen and oxygen atoms in total. The first kappa shape index (κ1) is 18.8. The Morgan fingerprint density at radius 2 is 2.15 bits per heavy atom. The molecule has 8 heteroatoms. The van der Waals surface area contributed by atoms with Crippen LogP contribution in [-0.2, 0) is 17.9 Å². The van der Waals surface area contributed by atoms with Gasteiger partial charge in [-0.1, -0.05) is 13.0 Å². The molecule has 0 fully saturated rings. The van der Waals surface area contributed by atoms with Crippen LogP contribution in [0.15, 0.2) is 17.5 Å². The maximum atomic E-state index is 12.2. The average Bonchev–Trinajstić information content (AvgIpc) is 3.21. The van der Waals surface area contributed by atoms with E-state index >= 15 is 0 Å². The number of amides is 1. The molecule has 3 aromatic rings. The lowest BCUT2D eigenvalue weighted by Crippen LogP contribution is -2.36. The summed E-state index contributed by atoms with van der Waals surface area (Å²) >= 11 is 3.27. The van der Waals surface area contributed by atoms with Crippen LogP contribution < -0.4 is 11.1 Å². The number of likely N-dealkylation sites (N-methyl/N-ethyl adjacent to an activating group) is 1. The fraction of sp³-hybridized carbons (Fsp3) is 0.389. The Labute approximate surface area is 161 Å². The minimum absolute atomic E-state index is 0.00267. The number of nitrogens with one attached hydrogen (secondary N) is 1. The van der Waals surface area contributed by atoms with E-state index in [9.17, 15) is 4.79 Å². The first-order valence-electron chi connectivity index (χ1n) is 8.51. The lowest BCUT2D eigenvalue weighted by atomic mass is 10.2. The lowest BCUT2D eigenvalue weighted by molar-refractivity contribution is -0.122. The van der Waals surface area contributed by atoms with Gasteiger partial charge in [-0.25, -0.2) is 9.97 Å². The zero-order chi connectivity index (χ0) is 18.7. The molecule has 26 heavy (non-hydrogen) atoms. The minimum atomic E-state index is -0.00267. The summed E-state index contributed by atoms with van der Waals surface area (Å²) in [7, 11) is 0. The summed E-state index contributed by atoms with van der Waals surface area (Å²) in [6, 6.07) is 4.00. The Morgan fingerprint density at radius 1 is 1.35 bits per heavy atom. The van der Waals surface area contributed by atoms with Crippen LogP contribution in [0.5, 0.6) is 0 Å². The van der Waals surface area contributed by atoms with Gasteiger partial charge in [0, 0.05) is 9.75 Å². The number of hydrogen-bond donors (Lipinski definition) is 2. The summed E-state index contributed by atoms with van der Waals surface area (Å²) in [5, 5.41) is 5.91. The average molecular weight is 390 g/mol. The van der Waals surface area contributed by atoms with Crippen LogP contribution in [0.1, 0.15) is 28.1 Å². The van der Waals surface area contributed by atoms with Crippen LogP contribution in [0, 0.1) is 13.8 Å². The molecular weight excluding hydrogens is 366 g/mol. The van der Waals surface area contributed by atoms with Gasteiger partial charge in [-0.15, -0.1) is 22.7 Å². The van der Waals surface area contributed by atoms with Gasteiger partial charge in [0.15, 0.2) is 0 Å². The monoisotopic (exact) mass is 389 g/mol. The van der Waals surface area contributed by atoms with Crippen molar-refractivity contribution in [2.45, 2.75) is 33.9 Å². The molecule has 3 aromatic heterocycles. The van der Waals surface area contributed by atoms with Crippen LogP contribution in [0.25, 0.3) is 10.2 Å². The first-order valence-corrected chi connectivity index (χ1v) is 10.2. The van der Waals surface area contributed by atoms with Gasteiger partial charge in [0.05, 0.1) is 25.0 Å². The third-order valence-corrected chi connectivity index (χ3v) is 6.30. The van der Waals surface area contributed by atoms with E-state index in [-0.39, 0.29) is 5.91 Å². The highest BCUT2D eigenvalue weighted by Gasteiger charge is 2.15. The molecule has 0 saturated carbocycles. The molecule has 3 rings (SSSR count). The number of rotatable bonds is 7. The highest BCUT2D eigenvalue weighted by molar-refractivity contribution is 7.18. The van der Waals surface area contributed by atoms with Gasteiger partial charge in [0.1, 0.15) is 16.5 Å². The van der Waals surface area contributed by atoms with Crippen LogP contribution in [0.4, 0.5) is 5.82 Å². The fourth-order valence-electron chi connectivity index (χ4n) is 2.73. The number of nitrogen functional groups attached to an aromatic ring is 1. The number of thiophene rings is 2. The number of anilines is 1. The van der Waals surface area contributed by atoms with Crippen molar-refractivity contribution in [1.29, 1.82) is 0 Å². The van der Waals surface area contributed by atoms with E-state index in [2.05, 4.69) is 22.2 Å². The second-order valence-electron chi connectivity index (χ2n) is 6.15. The van der Waals surface area contributed by atoms with Gasteiger partial charge in [-0.2, -0.15) is 0 Å². The summed E-state index contributed by atoms with van der Waals surface area (Å²) in [6.07, 6.45) is 0. The van der Waals surface area contributed by atoms with E-state index in [1.54, 1.807) is 22.7 Å². The lowest BCUT2D eigenvalue weighted by Gasteiger charge is -2.19. The van der Waals surface area contributed by atoms with E-state index in [0.29, 0.717) is 31.3 Å². The highest BCUT2D eigenvalue weighted by Crippen LogP contribution is 2.31. The molecule has 1 amide bonds. The SMILES string of the molecule is CCN(CC(=O)NCc1cccs1)Cc1nc(N)c2c(C)c(C)sc2n1. The Kier molecular flexibility index (Phi) is 5.85. The van der Waals surface area contributed by atoms with Crippen LogP contribution in [0.3, 0.4) is 0 Å². The van der Waals surface area contributed by atoms with E-state index < -0.39 is 0 Å². The Morgan fingerprint density at radius 3 is 2.85 bits per heavy atom. The first-order chi connectivity index (χ1) is 12.5. The van der Waals surface area contributed by atoms with Gasteiger partial charge in [-0.05, 0) is 37.4 Å². The van der Waals surface area contributed by atoms with Gasteiger partial charge < -0.3 is 11.1 Å². The molecule has 138 valence electrons. The van der Waals surface area contributed by atoms with E-state index in [1.165, 1.54) is 4.88 Å². The fourth-order valence-corrected chi connectivity index (χ4v) is 4.44. The summed E-state index contributed by atoms with van der Waals surface area (Å²) in [5.41, 5.74) is 7.30. The molecule has 0 radical (unpaired) electrons. The van der Waals surface area contributed by atoms with E-state index in [1.807, 2.05) is 36.3 Å². The summed E-state index contributed by atoms with van der Waals surface area (Å²) in [4.78, 5) is 26.6.